The number of fused-ring (bicyclic) bond motifs is 9. The first-order valence-electron chi connectivity index (χ1n) is 16.5. The molecule has 49 heavy (non-hydrogen) atoms. The fourth-order valence-electron chi connectivity index (χ4n) is 7.25. The van der Waals surface area contributed by atoms with Gasteiger partial charge in [-0.3, -0.25) is 0 Å². The van der Waals surface area contributed by atoms with Gasteiger partial charge in [0.1, 0.15) is 0 Å². The van der Waals surface area contributed by atoms with Crippen molar-refractivity contribution in [2.24, 2.45) is 0 Å². The van der Waals surface area contributed by atoms with E-state index in [-0.39, 0.29) is 0 Å². The van der Waals surface area contributed by atoms with Crippen LogP contribution in [0.4, 0.5) is 0 Å². The lowest BCUT2D eigenvalue weighted by atomic mass is 9.90. The van der Waals surface area contributed by atoms with Gasteiger partial charge in [-0.2, -0.15) is 0 Å². The molecule has 4 heteroatoms. The van der Waals surface area contributed by atoms with Gasteiger partial charge in [-0.1, -0.05) is 152 Å². The van der Waals surface area contributed by atoms with E-state index in [9.17, 15) is 0 Å². The summed E-state index contributed by atoms with van der Waals surface area (Å²) < 4.78 is 2.59. The summed E-state index contributed by atoms with van der Waals surface area (Å²) in [6.45, 7) is 0. The average Bonchev–Trinajstić information content (AvgIpc) is 3.58. The number of thiophene rings is 1. The minimum absolute atomic E-state index is 0.652. The van der Waals surface area contributed by atoms with Crippen LogP contribution in [0.3, 0.4) is 0 Å². The van der Waals surface area contributed by atoms with Crippen LogP contribution in [-0.4, -0.2) is 15.0 Å². The van der Waals surface area contributed by atoms with Crippen molar-refractivity contribution in [2.75, 3.05) is 0 Å². The molecule has 0 unspecified atom stereocenters. The average molecular weight is 642 g/mol. The Labute approximate surface area is 286 Å². The van der Waals surface area contributed by atoms with Crippen LogP contribution in [0.15, 0.2) is 164 Å². The molecule has 0 aliphatic carbocycles. The number of nitrogens with zero attached hydrogens (tertiary/aromatic N) is 3. The maximum atomic E-state index is 5.15. The van der Waals surface area contributed by atoms with E-state index in [1.165, 1.54) is 58.1 Å². The fourth-order valence-corrected chi connectivity index (χ4v) is 8.56. The van der Waals surface area contributed by atoms with E-state index in [1.54, 1.807) is 0 Å². The Kier molecular flexibility index (Phi) is 6.36. The molecule has 0 N–H and O–H groups in total. The quantitative estimate of drug-likeness (QED) is 0.180. The monoisotopic (exact) mass is 641 g/mol. The molecule has 0 radical (unpaired) electrons. The Morgan fingerprint density at radius 3 is 1.53 bits per heavy atom. The molecule has 0 atom stereocenters. The number of benzene rings is 8. The highest BCUT2D eigenvalue weighted by atomic mass is 32.1. The lowest BCUT2D eigenvalue weighted by molar-refractivity contribution is 1.07. The summed E-state index contributed by atoms with van der Waals surface area (Å²) in [6, 6.07) is 57.9. The van der Waals surface area contributed by atoms with E-state index in [1.807, 2.05) is 47.7 Å². The lowest BCUT2D eigenvalue weighted by Crippen LogP contribution is -2.01. The second kappa shape index (κ2) is 11.2. The summed E-state index contributed by atoms with van der Waals surface area (Å²) in [5.41, 5.74) is 5.16. The number of aromatic nitrogens is 3. The molecule has 0 spiro atoms. The first-order valence-corrected chi connectivity index (χ1v) is 17.3. The third-order valence-corrected chi connectivity index (χ3v) is 10.7. The Balaban J connectivity index is 1.33. The summed E-state index contributed by atoms with van der Waals surface area (Å²) in [7, 11) is 0. The van der Waals surface area contributed by atoms with Gasteiger partial charge in [0.05, 0.1) is 0 Å². The highest BCUT2D eigenvalue weighted by molar-refractivity contribution is 7.27. The Morgan fingerprint density at radius 2 is 0.857 bits per heavy atom. The van der Waals surface area contributed by atoms with Gasteiger partial charge in [0, 0.05) is 42.2 Å². The van der Waals surface area contributed by atoms with Crippen LogP contribution in [0, 0.1) is 0 Å². The van der Waals surface area contributed by atoms with E-state index >= 15 is 0 Å². The van der Waals surface area contributed by atoms with E-state index in [4.69, 9.17) is 15.0 Å². The van der Waals surface area contributed by atoms with Crippen LogP contribution < -0.4 is 0 Å². The van der Waals surface area contributed by atoms with Crippen molar-refractivity contribution in [1.29, 1.82) is 0 Å². The molecule has 0 saturated heterocycles. The zero-order valence-corrected chi connectivity index (χ0v) is 27.2. The topological polar surface area (TPSA) is 38.7 Å². The van der Waals surface area contributed by atoms with Crippen molar-refractivity contribution < 1.29 is 0 Å². The summed E-state index contributed by atoms with van der Waals surface area (Å²) >= 11 is 1.89. The standard InChI is InChI=1S/C45H27N3S/c1-3-15-30(16-4-1)43-46-44(31-17-5-2-6-18-31)48-45(47-43)36-22-12-11-21-35(36)37-27-32-24-23-28-13-7-9-19-33(28)39(32)42-41(37)40-34-20-10-8-14-29(34)25-26-38(40)49-42/h1-27H. The molecule has 0 fully saturated rings. The van der Waals surface area contributed by atoms with Gasteiger partial charge in [0.2, 0.25) is 0 Å². The summed E-state index contributed by atoms with van der Waals surface area (Å²) in [5, 5.41) is 10.1. The molecule has 0 aliphatic heterocycles. The van der Waals surface area contributed by atoms with Crippen LogP contribution in [-0.2, 0) is 0 Å². The van der Waals surface area contributed by atoms with E-state index in [0.717, 1.165) is 22.3 Å². The molecule has 0 amide bonds. The third-order valence-electron chi connectivity index (χ3n) is 9.49. The molecule has 3 nitrogen and oxygen atoms in total. The minimum Gasteiger partial charge on any atom is -0.208 e. The van der Waals surface area contributed by atoms with Crippen LogP contribution in [0.25, 0.3) is 97.8 Å². The summed E-state index contributed by atoms with van der Waals surface area (Å²) in [6.07, 6.45) is 0. The zero-order chi connectivity index (χ0) is 32.3. The van der Waals surface area contributed by atoms with E-state index in [0.29, 0.717) is 17.5 Å². The Morgan fingerprint density at radius 1 is 0.347 bits per heavy atom. The van der Waals surface area contributed by atoms with Gasteiger partial charge in [0.15, 0.2) is 17.5 Å². The molecule has 0 saturated carbocycles. The maximum Gasteiger partial charge on any atom is 0.164 e. The smallest absolute Gasteiger partial charge is 0.164 e. The van der Waals surface area contributed by atoms with Crippen molar-refractivity contribution in [2.45, 2.75) is 0 Å². The van der Waals surface area contributed by atoms with Crippen molar-refractivity contribution in [3.8, 4) is 45.3 Å². The summed E-state index contributed by atoms with van der Waals surface area (Å²) in [5.74, 6) is 1.96. The summed E-state index contributed by atoms with van der Waals surface area (Å²) in [4.78, 5) is 15.3. The largest absolute Gasteiger partial charge is 0.208 e. The van der Waals surface area contributed by atoms with Gasteiger partial charge in [0.25, 0.3) is 0 Å². The van der Waals surface area contributed by atoms with Crippen molar-refractivity contribution >= 4 is 63.8 Å². The third kappa shape index (κ3) is 4.53. The molecule has 0 bridgehead atoms. The second-order valence-electron chi connectivity index (χ2n) is 12.4. The van der Waals surface area contributed by atoms with Crippen LogP contribution >= 0.6 is 11.3 Å². The Hall–Kier alpha value is -6.23. The number of hydrogen-bond donors (Lipinski definition) is 0. The minimum atomic E-state index is 0.652. The Bertz CT molecular complexity index is 2820. The first-order chi connectivity index (χ1) is 24.3. The first kappa shape index (κ1) is 27.8. The predicted octanol–water partition coefficient (Wildman–Crippen LogP) is 12.4. The van der Waals surface area contributed by atoms with Crippen LogP contribution in [0.1, 0.15) is 0 Å². The zero-order valence-electron chi connectivity index (χ0n) is 26.3. The fraction of sp³-hybridized carbons (Fsp3) is 0. The van der Waals surface area contributed by atoms with Crippen molar-refractivity contribution in [3.05, 3.63) is 164 Å². The van der Waals surface area contributed by atoms with E-state index in [2.05, 4.69) is 127 Å². The van der Waals surface area contributed by atoms with Gasteiger partial charge in [-0.15, -0.1) is 11.3 Å². The van der Waals surface area contributed by atoms with Gasteiger partial charge in [-0.25, -0.2) is 15.0 Å². The molecule has 2 aromatic heterocycles. The molecule has 10 rings (SSSR count). The SMILES string of the molecule is c1ccc(-c2nc(-c3ccccc3)nc(-c3ccccc3-c3cc4ccc5ccccc5c4c4sc5ccc6ccccc6c5c34)n2)cc1. The molecule has 8 aromatic carbocycles. The number of rotatable bonds is 4. The lowest BCUT2D eigenvalue weighted by Gasteiger charge is -2.15. The molecule has 228 valence electrons. The second-order valence-corrected chi connectivity index (χ2v) is 13.4. The van der Waals surface area contributed by atoms with Crippen molar-refractivity contribution in [3.63, 3.8) is 0 Å². The van der Waals surface area contributed by atoms with Crippen LogP contribution in [0.2, 0.25) is 0 Å². The van der Waals surface area contributed by atoms with E-state index < -0.39 is 0 Å². The molecular weight excluding hydrogens is 615 g/mol. The predicted molar refractivity (Wildman–Crippen MR) is 207 cm³/mol. The molecule has 0 aliphatic rings. The molecular formula is C45H27N3S. The van der Waals surface area contributed by atoms with Crippen molar-refractivity contribution in [1.82, 2.24) is 15.0 Å². The van der Waals surface area contributed by atoms with Gasteiger partial charge in [-0.05, 0) is 50.2 Å². The highest BCUT2D eigenvalue weighted by Gasteiger charge is 2.21. The highest BCUT2D eigenvalue weighted by Crippen LogP contribution is 2.49. The van der Waals surface area contributed by atoms with Crippen LogP contribution in [0.5, 0.6) is 0 Å². The van der Waals surface area contributed by atoms with Gasteiger partial charge >= 0.3 is 0 Å². The van der Waals surface area contributed by atoms with Gasteiger partial charge < -0.3 is 0 Å². The normalized spacial score (nSPS) is 11.7. The maximum absolute atomic E-state index is 5.15. The number of hydrogen-bond acceptors (Lipinski definition) is 4. The molecule has 10 aromatic rings. The molecule has 2 heterocycles.